The first-order valence-corrected chi connectivity index (χ1v) is 6.60. The lowest BCUT2D eigenvalue weighted by molar-refractivity contribution is 0.465. The Morgan fingerprint density at radius 1 is 1.33 bits per heavy atom. The van der Waals surface area contributed by atoms with E-state index in [9.17, 15) is 0 Å². The van der Waals surface area contributed by atoms with Crippen LogP contribution in [0.25, 0.3) is 10.2 Å². The zero-order chi connectivity index (χ0) is 12.4. The highest BCUT2D eigenvalue weighted by molar-refractivity contribution is 7.16. The Labute approximate surface area is 108 Å². The quantitative estimate of drug-likeness (QED) is 0.781. The van der Waals surface area contributed by atoms with E-state index in [0.29, 0.717) is 12.4 Å². The van der Waals surface area contributed by atoms with Crippen molar-refractivity contribution in [3.8, 4) is 0 Å². The van der Waals surface area contributed by atoms with Gasteiger partial charge in [0.1, 0.15) is 22.7 Å². The number of nitrogens with zero attached hydrogens (tertiary/aromatic N) is 3. The molecule has 18 heavy (non-hydrogen) atoms. The van der Waals surface area contributed by atoms with Gasteiger partial charge in [-0.25, -0.2) is 15.0 Å². The number of hydrogen-bond acceptors (Lipinski definition) is 6. The van der Waals surface area contributed by atoms with Gasteiger partial charge in [-0.2, -0.15) is 0 Å². The summed E-state index contributed by atoms with van der Waals surface area (Å²) >= 11 is 1.60. The van der Waals surface area contributed by atoms with E-state index in [1.54, 1.807) is 23.9 Å². The van der Waals surface area contributed by atoms with Crippen molar-refractivity contribution in [3.63, 3.8) is 0 Å². The summed E-state index contributed by atoms with van der Waals surface area (Å²) in [6.45, 7) is 2.57. The fourth-order valence-corrected chi connectivity index (χ4v) is 2.42. The lowest BCUT2D eigenvalue weighted by atomic mass is 10.4. The molecule has 1 N–H and O–H groups in total. The summed E-state index contributed by atoms with van der Waals surface area (Å²) in [5, 5.41) is 6.26. The molecule has 0 spiro atoms. The molecule has 0 aromatic carbocycles. The number of hydrogen-bond donors (Lipinski definition) is 1. The van der Waals surface area contributed by atoms with Crippen LogP contribution in [0.4, 0.5) is 5.82 Å². The van der Waals surface area contributed by atoms with Crippen LogP contribution >= 0.6 is 11.3 Å². The van der Waals surface area contributed by atoms with Crippen LogP contribution in [0.1, 0.15) is 18.6 Å². The molecule has 0 aliphatic heterocycles. The maximum absolute atomic E-state index is 5.53. The number of aromatic nitrogens is 3. The van der Waals surface area contributed by atoms with Crippen molar-refractivity contribution in [2.75, 3.05) is 5.32 Å². The van der Waals surface area contributed by atoms with Crippen molar-refractivity contribution in [2.45, 2.75) is 19.9 Å². The lowest BCUT2D eigenvalue weighted by Gasteiger charge is -2.03. The molecule has 6 heteroatoms. The summed E-state index contributed by atoms with van der Waals surface area (Å²) in [5.74, 6) is 2.39. The molecule has 0 bridgehead atoms. The Hall–Kier alpha value is -1.95. The fourth-order valence-electron chi connectivity index (χ4n) is 1.68. The van der Waals surface area contributed by atoms with Crippen LogP contribution in [-0.2, 0) is 13.0 Å². The van der Waals surface area contributed by atoms with Crippen LogP contribution in [0.2, 0.25) is 0 Å². The van der Waals surface area contributed by atoms with Crippen molar-refractivity contribution in [2.24, 2.45) is 0 Å². The molecule has 3 rings (SSSR count). The Morgan fingerprint density at radius 3 is 3.11 bits per heavy atom. The second-order valence-corrected chi connectivity index (χ2v) is 4.68. The van der Waals surface area contributed by atoms with Gasteiger partial charge >= 0.3 is 0 Å². The van der Waals surface area contributed by atoms with Crippen LogP contribution < -0.4 is 5.32 Å². The maximum Gasteiger partial charge on any atom is 0.213 e. The highest BCUT2D eigenvalue weighted by atomic mass is 32.1. The number of aryl methyl sites for hydroxylation is 1. The summed E-state index contributed by atoms with van der Waals surface area (Å²) in [7, 11) is 0. The largest absolute Gasteiger partial charge is 0.444 e. The second-order valence-electron chi connectivity index (χ2n) is 3.79. The first kappa shape index (κ1) is 11.2. The average Bonchev–Trinajstić information content (AvgIpc) is 3.05. The molecule has 0 radical (unpaired) electrons. The molecule has 3 aromatic heterocycles. The van der Waals surface area contributed by atoms with Crippen molar-refractivity contribution >= 4 is 27.4 Å². The standard InChI is InChI=1S/C12H12N4OS/c1-2-8-5-13-10(17-8)6-14-11-9-3-4-18-12(9)16-7-15-11/h3-5,7H,2,6H2,1H3,(H,14,15,16). The van der Waals surface area contributed by atoms with Crippen LogP contribution in [0, 0.1) is 0 Å². The summed E-state index contributed by atoms with van der Waals surface area (Å²) in [5.41, 5.74) is 0. The molecule has 0 unspecified atom stereocenters. The van der Waals surface area contributed by atoms with Gasteiger partial charge in [0.15, 0.2) is 0 Å². The highest BCUT2D eigenvalue weighted by Gasteiger charge is 2.06. The lowest BCUT2D eigenvalue weighted by Crippen LogP contribution is -2.02. The molecule has 3 heterocycles. The predicted octanol–water partition coefficient (Wildman–Crippen LogP) is 2.85. The third kappa shape index (κ3) is 2.06. The molecular weight excluding hydrogens is 248 g/mol. The van der Waals surface area contributed by atoms with Crippen molar-refractivity contribution in [3.05, 3.63) is 35.6 Å². The van der Waals surface area contributed by atoms with Crippen LogP contribution in [-0.4, -0.2) is 15.0 Å². The first-order chi connectivity index (χ1) is 8.86. The molecule has 0 aliphatic rings. The van der Waals surface area contributed by atoms with Gasteiger partial charge in [0.05, 0.1) is 18.1 Å². The third-order valence-corrected chi connectivity index (χ3v) is 3.44. The van der Waals surface area contributed by atoms with Gasteiger partial charge in [-0.3, -0.25) is 0 Å². The number of oxazole rings is 1. The Kier molecular flexibility index (Phi) is 2.93. The molecule has 0 atom stereocenters. The van der Waals surface area contributed by atoms with Crippen LogP contribution in [0.5, 0.6) is 0 Å². The van der Waals surface area contributed by atoms with E-state index in [-0.39, 0.29) is 0 Å². The summed E-state index contributed by atoms with van der Waals surface area (Å²) in [6.07, 6.45) is 4.18. The van der Waals surface area contributed by atoms with Crippen LogP contribution in [0.15, 0.2) is 28.4 Å². The van der Waals surface area contributed by atoms with E-state index in [1.165, 1.54) is 0 Å². The third-order valence-electron chi connectivity index (χ3n) is 2.62. The van der Waals surface area contributed by atoms with Crippen LogP contribution in [0.3, 0.4) is 0 Å². The second kappa shape index (κ2) is 4.73. The Morgan fingerprint density at radius 2 is 2.28 bits per heavy atom. The Bertz CT molecular complexity index is 661. The zero-order valence-electron chi connectivity index (χ0n) is 9.88. The van der Waals surface area contributed by atoms with Gasteiger partial charge in [-0.15, -0.1) is 11.3 Å². The van der Waals surface area contributed by atoms with Gasteiger partial charge in [0, 0.05) is 6.42 Å². The SMILES string of the molecule is CCc1cnc(CNc2ncnc3sccc23)o1. The Balaban J connectivity index is 1.78. The van der Waals surface area contributed by atoms with E-state index in [0.717, 1.165) is 28.2 Å². The van der Waals surface area contributed by atoms with E-state index in [1.807, 2.05) is 18.4 Å². The minimum Gasteiger partial charge on any atom is -0.444 e. The van der Waals surface area contributed by atoms with Gasteiger partial charge in [0.25, 0.3) is 0 Å². The van der Waals surface area contributed by atoms with Crippen molar-refractivity contribution < 1.29 is 4.42 Å². The minimum absolute atomic E-state index is 0.530. The van der Waals surface area contributed by atoms with Gasteiger partial charge in [-0.05, 0) is 11.4 Å². The molecule has 5 nitrogen and oxygen atoms in total. The zero-order valence-corrected chi connectivity index (χ0v) is 10.7. The molecular formula is C12H12N4OS. The molecule has 0 aliphatic carbocycles. The predicted molar refractivity (Wildman–Crippen MR) is 70.6 cm³/mol. The molecule has 3 aromatic rings. The normalized spacial score (nSPS) is 10.9. The van der Waals surface area contributed by atoms with E-state index < -0.39 is 0 Å². The topological polar surface area (TPSA) is 63.8 Å². The molecule has 0 fully saturated rings. The molecule has 0 saturated heterocycles. The average molecular weight is 260 g/mol. The number of rotatable bonds is 4. The number of fused-ring (bicyclic) bond motifs is 1. The number of nitrogens with one attached hydrogen (secondary N) is 1. The van der Waals surface area contributed by atoms with E-state index in [2.05, 4.69) is 20.3 Å². The summed E-state index contributed by atoms with van der Waals surface area (Å²) < 4.78 is 5.53. The van der Waals surface area contributed by atoms with Gasteiger partial charge in [0.2, 0.25) is 5.89 Å². The van der Waals surface area contributed by atoms with Gasteiger partial charge in [-0.1, -0.05) is 6.92 Å². The molecule has 0 saturated carbocycles. The van der Waals surface area contributed by atoms with E-state index in [4.69, 9.17) is 4.42 Å². The smallest absolute Gasteiger partial charge is 0.213 e. The monoisotopic (exact) mass is 260 g/mol. The fraction of sp³-hybridized carbons (Fsp3) is 0.250. The maximum atomic E-state index is 5.53. The number of thiophene rings is 1. The first-order valence-electron chi connectivity index (χ1n) is 5.72. The molecule has 92 valence electrons. The van der Waals surface area contributed by atoms with Crippen molar-refractivity contribution in [1.29, 1.82) is 0 Å². The summed E-state index contributed by atoms with van der Waals surface area (Å²) in [4.78, 5) is 13.6. The van der Waals surface area contributed by atoms with Crippen molar-refractivity contribution in [1.82, 2.24) is 15.0 Å². The molecule has 0 amide bonds. The van der Waals surface area contributed by atoms with Gasteiger partial charge < -0.3 is 9.73 Å². The summed E-state index contributed by atoms with van der Waals surface area (Å²) in [6, 6.07) is 2.01. The minimum atomic E-state index is 0.530. The highest BCUT2D eigenvalue weighted by Crippen LogP contribution is 2.23. The van der Waals surface area contributed by atoms with E-state index >= 15 is 0 Å². The number of anilines is 1.